The summed E-state index contributed by atoms with van der Waals surface area (Å²) < 4.78 is 16.4. The Labute approximate surface area is 184 Å². The van der Waals surface area contributed by atoms with Crippen LogP contribution in [0.4, 0.5) is 0 Å². The fourth-order valence-electron chi connectivity index (χ4n) is 3.66. The molecule has 3 rings (SSSR count). The van der Waals surface area contributed by atoms with Gasteiger partial charge in [-0.2, -0.15) is 0 Å². The Hall–Kier alpha value is -2.83. The second-order valence-electron chi connectivity index (χ2n) is 7.50. The van der Waals surface area contributed by atoms with E-state index in [4.69, 9.17) is 14.2 Å². The number of rotatable bonds is 11. The smallest absolute Gasteiger partial charge is 0.333 e. The van der Waals surface area contributed by atoms with Gasteiger partial charge in [0.15, 0.2) is 6.10 Å². The second-order valence-corrected chi connectivity index (χ2v) is 7.50. The zero-order valence-electron chi connectivity index (χ0n) is 18.3. The molecule has 1 unspecified atom stereocenters. The highest BCUT2D eigenvalue weighted by atomic mass is 16.5. The van der Waals surface area contributed by atoms with Gasteiger partial charge in [-0.3, -0.25) is 4.90 Å². The monoisotopic (exact) mass is 425 g/mol. The van der Waals surface area contributed by atoms with E-state index in [2.05, 4.69) is 23.1 Å². The van der Waals surface area contributed by atoms with E-state index in [1.54, 1.807) is 14.0 Å². The van der Waals surface area contributed by atoms with Gasteiger partial charge in [0.1, 0.15) is 18.1 Å². The molecule has 6 nitrogen and oxygen atoms in total. The average Bonchev–Trinajstić information content (AvgIpc) is 2.80. The van der Waals surface area contributed by atoms with Crippen molar-refractivity contribution in [2.24, 2.45) is 0 Å². The number of carboxylic acids is 1. The number of ether oxygens (including phenoxy) is 3. The zero-order chi connectivity index (χ0) is 22.1. The molecule has 2 aromatic carbocycles. The van der Waals surface area contributed by atoms with Crippen molar-refractivity contribution in [3.05, 3.63) is 65.7 Å². The quantitative estimate of drug-likeness (QED) is 0.589. The summed E-state index contributed by atoms with van der Waals surface area (Å²) in [6.07, 6.45) is 2.87. The number of hydrogen-bond acceptors (Lipinski definition) is 5. The maximum atomic E-state index is 11.2. The first kappa shape index (κ1) is 22.8. The molecule has 6 heteroatoms. The van der Waals surface area contributed by atoms with Crippen LogP contribution >= 0.6 is 0 Å². The predicted molar refractivity (Wildman–Crippen MR) is 121 cm³/mol. The Bertz CT molecular complexity index is 860. The molecule has 0 aromatic heterocycles. The molecule has 166 valence electrons. The number of carboxylic acid groups (broad SMARTS) is 1. The summed E-state index contributed by atoms with van der Waals surface area (Å²) in [5.41, 5.74) is 3.48. The molecule has 0 radical (unpaired) electrons. The third-order valence-corrected chi connectivity index (χ3v) is 5.35. The van der Waals surface area contributed by atoms with Crippen molar-refractivity contribution >= 4 is 11.5 Å². The minimum absolute atomic E-state index is 0.345. The zero-order valence-corrected chi connectivity index (χ0v) is 18.3. The third kappa shape index (κ3) is 6.84. The molecule has 2 aromatic rings. The molecule has 1 heterocycles. The summed E-state index contributed by atoms with van der Waals surface area (Å²) in [5, 5.41) is 9.21. The van der Waals surface area contributed by atoms with Gasteiger partial charge < -0.3 is 19.3 Å². The van der Waals surface area contributed by atoms with E-state index < -0.39 is 12.1 Å². The second kappa shape index (κ2) is 11.5. The van der Waals surface area contributed by atoms with Crippen molar-refractivity contribution in [3.8, 4) is 11.5 Å². The van der Waals surface area contributed by atoms with Crippen LogP contribution in [-0.2, 0) is 16.0 Å². The van der Waals surface area contributed by atoms with E-state index in [1.165, 1.54) is 11.1 Å². The van der Waals surface area contributed by atoms with Crippen LogP contribution in [0, 0.1) is 0 Å². The normalized spacial score (nSPS) is 15.2. The van der Waals surface area contributed by atoms with Crippen molar-refractivity contribution in [2.45, 2.75) is 25.9 Å². The maximum Gasteiger partial charge on any atom is 0.333 e. The van der Waals surface area contributed by atoms with Crippen molar-refractivity contribution < 1.29 is 24.1 Å². The molecule has 0 aliphatic carbocycles. The lowest BCUT2D eigenvalue weighted by atomic mass is 10.0. The van der Waals surface area contributed by atoms with E-state index in [0.29, 0.717) is 19.6 Å². The Morgan fingerprint density at radius 2 is 1.81 bits per heavy atom. The first-order valence-corrected chi connectivity index (χ1v) is 10.7. The molecule has 0 amide bonds. The summed E-state index contributed by atoms with van der Waals surface area (Å²) in [5.74, 6) is 0.717. The molecule has 0 saturated heterocycles. The molecule has 0 bridgehead atoms. The highest BCUT2D eigenvalue weighted by molar-refractivity contribution is 5.72. The largest absolute Gasteiger partial charge is 0.497 e. The SMILES string of the molecule is CCOC(Cc1ccc(OCCN2CCC=C(c3ccc(OC)cc3)C2)cc1)C(=O)O. The van der Waals surface area contributed by atoms with Gasteiger partial charge in [-0.1, -0.05) is 30.3 Å². The van der Waals surface area contributed by atoms with E-state index in [-0.39, 0.29) is 0 Å². The fraction of sp³-hybridized carbons (Fsp3) is 0.400. The topological polar surface area (TPSA) is 68.2 Å². The van der Waals surface area contributed by atoms with Gasteiger partial charge in [0.05, 0.1) is 7.11 Å². The van der Waals surface area contributed by atoms with E-state index >= 15 is 0 Å². The number of hydrogen-bond donors (Lipinski definition) is 1. The number of aliphatic carboxylic acids is 1. The highest BCUT2D eigenvalue weighted by Gasteiger charge is 2.18. The Morgan fingerprint density at radius 3 is 2.45 bits per heavy atom. The first-order valence-electron chi connectivity index (χ1n) is 10.7. The molecule has 31 heavy (non-hydrogen) atoms. The van der Waals surface area contributed by atoms with Gasteiger partial charge in [0.25, 0.3) is 0 Å². The van der Waals surface area contributed by atoms with E-state index in [9.17, 15) is 9.90 Å². The summed E-state index contributed by atoms with van der Waals surface area (Å²) in [7, 11) is 1.68. The van der Waals surface area contributed by atoms with Gasteiger partial charge in [-0.25, -0.2) is 4.79 Å². The van der Waals surface area contributed by atoms with E-state index in [0.717, 1.165) is 43.1 Å². The van der Waals surface area contributed by atoms with Gasteiger partial charge in [-0.15, -0.1) is 0 Å². The lowest BCUT2D eigenvalue weighted by Gasteiger charge is -2.27. The van der Waals surface area contributed by atoms with Crippen molar-refractivity contribution in [1.29, 1.82) is 0 Å². The van der Waals surface area contributed by atoms with Crippen LogP contribution in [0.5, 0.6) is 11.5 Å². The van der Waals surface area contributed by atoms with Crippen LogP contribution in [0.3, 0.4) is 0 Å². The van der Waals surface area contributed by atoms with Crippen LogP contribution in [0.15, 0.2) is 54.6 Å². The first-order chi connectivity index (χ1) is 15.1. The minimum Gasteiger partial charge on any atom is -0.497 e. The van der Waals surface area contributed by atoms with Gasteiger partial charge in [0, 0.05) is 32.7 Å². The summed E-state index contributed by atoms with van der Waals surface area (Å²) in [6, 6.07) is 15.8. The van der Waals surface area contributed by atoms with Crippen LogP contribution < -0.4 is 9.47 Å². The summed E-state index contributed by atoms with van der Waals surface area (Å²) in [4.78, 5) is 13.6. The van der Waals surface area contributed by atoms with Crippen molar-refractivity contribution in [2.75, 3.05) is 40.0 Å². The summed E-state index contributed by atoms with van der Waals surface area (Å²) in [6.45, 7) is 5.56. The van der Waals surface area contributed by atoms with Crippen LogP contribution in [0.2, 0.25) is 0 Å². The van der Waals surface area contributed by atoms with Crippen LogP contribution in [-0.4, -0.2) is 62.0 Å². The van der Waals surface area contributed by atoms with Gasteiger partial charge in [-0.05, 0) is 54.3 Å². The Balaban J connectivity index is 1.45. The van der Waals surface area contributed by atoms with Gasteiger partial charge in [0.2, 0.25) is 0 Å². The molecule has 1 atom stereocenters. The Morgan fingerprint density at radius 1 is 1.10 bits per heavy atom. The lowest BCUT2D eigenvalue weighted by Crippen LogP contribution is -2.33. The maximum absolute atomic E-state index is 11.2. The van der Waals surface area contributed by atoms with E-state index in [1.807, 2.05) is 36.4 Å². The predicted octanol–water partition coefficient (Wildman–Crippen LogP) is 3.90. The molecule has 0 spiro atoms. The Kier molecular flexibility index (Phi) is 8.50. The molecule has 1 aliphatic heterocycles. The van der Waals surface area contributed by atoms with Crippen LogP contribution in [0.25, 0.3) is 5.57 Å². The molecule has 0 saturated carbocycles. The molecule has 1 N–H and O–H groups in total. The number of methoxy groups -OCH3 is 1. The fourth-order valence-corrected chi connectivity index (χ4v) is 3.66. The molecule has 0 fully saturated rings. The average molecular weight is 426 g/mol. The summed E-state index contributed by atoms with van der Waals surface area (Å²) >= 11 is 0. The minimum atomic E-state index is -0.938. The number of carbonyl (C=O) groups is 1. The lowest BCUT2D eigenvalue weighted by molar-refractivity contribution is -0.149. The number of benzene rings is 2. The standard InChI is InChI=1S/C25H31NO5/c1-3-30-24(25(27)28)17-19-6-10-23(11-7-19)31-16-15-26-14-4-5-21(18-26)20-8-12-22(29-2)13-9-20/h5-13,24H,3-4,14-18H2,1-2H3,(H,27,28). The molecular weight excluding hydrogens is 394 g/mol. The number of nitrogens with zero attached hydrogens (tertiary/aromatic N) is 1. The van der Waals surface area contributed by atoms with Gasteiger partial charge >= 0.3 is 5.97 Å². The van der Waals surface area contributed by atoms with Crippen LogP contribution in [0.1, 0.15) is 24.5 Å². The highest BCUT2D eigenvalue weighted by Crippen LogP contribution is 2.23. The molecule has 1 aliphatic rings. The van der Waals surface area contributed by atoms with Crippen molar-refractivity contribution in [1.82, 2.24) is 4.90 Å². The van der Waals surface area contributed by atoms with Crippen molar-refractivity contribution in [3.63, 3.8) is 0 Å². The third-order valence-electron chi connectivity index (χ3n) is 5.35. The molecular formula is C25H31NO5.